The van der Waals surface area contributed by atoms with Crippen LogP contribution in [-0.2, 0) is 14.4 Å². The van der Waals surface area contributed by atoms with Crippen molar-refractivity contribution in [2.45, 2.75) is 0 Å². The van der Waals surface area contributed by atoms with Gasteiger partial charge in [0.25, 0.3) is 0 Å². The quantitative estimate of drug-likeness (QED) is 0.193. The minimum absolute atomic E-state index is 0. The molecule has 2 N–H and O–H groups in total. The highest BCUT2D eigenvalue weighted by Gasteiger charge is 2.07. The van der Waals surface area contributed by atoms with E-state index in [9.17, 15) is 4.79 Å². The second kappa shape index (κ2) is 18.6. The number of aldehydes is 2. The zero-order valence-corrected chi connectivity index (χ0v) is 12.3. The molecule has 0 aromatic heterocycles. The van der Waals surface area contributed by atoms with Gasteiger partial charge in [0.1, 0.15) is 0 Å². The van der Waals surface area contributed by atoms with Crippen LogP contribution in [0.5, 0.6) is 0 Å². The van der Waals surface area contributed by atoms with Gasteiger partial charge in [-0.3, -0.25) is 14.4 Å². The number of carbonyl (C=O) groups is 3. The zero-order valence-electron chi connectivity index (χ0n) is 11.5. The summed E-state index contributed by atoms with van der Waals surface area (Å²) in [4.78, 5) is 27.1. The van der Waals surface area contributed by atoms with E-state index in [4.69, 9.17) is 9.59 Å². The standard InChI is InChI=1S/C8H16N.C3H5NO.C2H2O2.ClH/c1-5-7-9(3,4)8-6-2;1-2-3(4)5;3-1-2-4;/h5-6H,1-2,7-8H2,3-4H3;2H,1H2,(H2,4,5);1-2H;1H/q+1;;;/p-1. The van der Waals surface area contributed by atoms with Crippen LogP contribution < -0.4 is 18.1 Å². The number of likely N-dealkylation sites (N-methyl/N-ethyl adjacent to an activating group) is 1. The highest BCUT2D eigenvalue weighted by atomic mass is 35.5. The van der Waals surface area contributed by atoms with E-state index in [2.05, 4.69) is 39.6 Å². The second-order valence-electron chi connectivity index (χ2n) is 3.76. The number of carbonyl (C=O) groups excluding carboxylic acids is 3. The summed E-state index contributed by atoms with van der Waals surface area (Å²) in [5, 5.41) is 0. The van der Waals surface area contributed by atoms with Crippen molar-refractivity contribution in [2.24, 2.45) is 5.73 Å². The fourth-order valence-corrected chi connectivity index (χ4v) is 0.774. The number of hydrogen-bond donors (Lipinski definition) is 1. The Morgan fingerprint density at radius 1 is 1.05 bits per heavy atom. The molecule has 110 valence electrons. The van der Waals surface area contributed by atoms with E-state index in [0.717, 1.165) is 23.6 Å². The number of primary amides is 1. The molecular weight excluding hydrogens is 268 g/mol. The Morgan fingerprint density at radius 2 is 1.32 bits per heavy atom. The van der Waals surface area contributed by atoms with Crippen molar-refractivity contribution in [1.82, 2.24) is 0 Å². The Kier molecular flexibility index (Phi) is 25.5. The van der Waals surface area contributed by atoms with Crippen LogP contribution in [0.4, 0.5) is 0 Å². The van der Waals surface area contributed by atoms with E-state index >= 15 is 0 Å². The van der Waals surface area contributed by atoms with Crippen LogP contribution in [0.25, 0.3) is 0 Å². The molecule has 5 nitrogen and oxygen atoms in total. The molecule has 0 spiro atoms. The molecule has 1 amide bonds. The fourth-order valence-electron chi connectivity index (χ4n) is 0.774. The molecular formula is C13H23ClN2O3. The Hall–Kier alpha value is -1.72. The molecule has 0 rings (SSSR count). The molecule has 0 aromatic rings. The van der Waals surface area contributed by atoms with E-state index in [1.807, 2.05) is 12.2 Å². The topological polar surface area (TPSA) is 77.2 Å². The predicted molar refractivity (Wildman–Crippen MR) is 73.8 cm³/mol. The van der Waals surface area contributed by atoms with Crippen LogP contribution in [-0.4, -0.2) is 50.1 Å². The Labute approximate surface area is 121 Å². The minimum Gasteiger partial charge on any atom is -1.00 e. The summed E-state index contributed by atoms with van der Waals surface area (Å²) in [6.45, 7) is 12.5. The minimum atomic E-state index is -0.481. The highest BCUT2D eigenvalue weighted by molar-refractivity contribution is 6.09. The van der Waals surface area contributed by atoms with Gasteiger partial charge in [-0.05, 0) is 18.2 Å². The third kappa shape index (κ3) is 38.5. The smallest absolute Gasteiger partial charge is 0.240 e. The zero-order chi connectivity index (χ0) is 15.0. The first-order valence-electron chi connectivity index (χ1n) is 5.15. The molecule has 0 aliphatic heterocycles. The fraction of sp³-hybridized carbons (Fsp3) is 0.308. The number of rotatable bonds is 6. The first-order chi connectivity index (χ1) is 8.31. The van der Waals surface area contributed by atoms with Crippen LogP contribution in [0.1, 0.15) is 0 Å². The van der Waals surface area contributed by atoms with E-state index < -0.39 is 5.91 Å². The van der Waals surface area contributed by atoms with E-state index in [0.29, 0.717) is 0 Å². The number of hydrogen-bond acceptors (Lipinski definition) is 3. The summed E-state index contributed by atoms with van der Waals surface area (Å²) >= 11 is 0. The first kappa shape index (κ1) is 26.0. The van der Waals surface area contributed by atoms with E-state index in [1.54, 1.807) is 0 Å². The van der Waals surface area contributed by atoms with Gasteiger partial charge >= 0.3 is 0 Å². The van der Waals surface area contributed by atoms with Crippen LogP contribution in [0.3, 0.4) is 0 Å². The number of nitrogens with zero attached hydrogens (tertiary/aromatic N) is 1. The van der Waals surface area contributed by atoms with Crippen LogP contribution in [0, 0.1) is 0 Å². The maximum Gasteiger partial charge on any atom is 0.240 e. The Balaban J connectivity index is -0.0000000964. The van der Waals surface area contributed by atoms with Crippen molar-refractivity contribution in [3.63, 3.8) is 0 Å². The van der Waals surface area contributed by atoms with Gasteiger partial charge in [-0.15, -0.1) is 0 Å². The molecule has 19 heavy (non-hydrogen) atoms. The lowest BCUT2D eigenvalue weighted by atomic mass is 10.4. The monoisotopic (exact) mass is 290 g/mol. The van der Waals surface area contributed by atoms with Gasteiger partial charge in [0.05, 0.1) is 27.2 Å². The maximum atomic E-state index is 9.47. The van der Waals surface area contributed by atoms with Crippen molar-refractivity contribution in [1.29, 1.82) is 0 Å². The third-order valence-corrected chi connectivity index (χ3v) is 1.50. The highest BCUT2D eigenvalue weighted by Crippen LogP contribution is 1.95. The molecule has 6 heteroatoms. The lowest BCUT2D eigenvalue weighted by Gasteiger charge is -2.26. The van der Waals surface area contributed by atoms with Crippen molar-refractivity contribution in [2.75, 3.05) is 27.2 Å². The SMILES string of the molecule is C=CC(N)=O.C=CC[N+](C)(C)CC=C.O=CC=O.[Cl-]. The van der Waals surface area contributed by atoms with Crippen molar-refractivity contribution in [3.8, 4) is 0 Å². The van der Waals surface area contributed by atoms with Crippen LogP contribution in [0.15, 0.2) is 38.0 Å². The van der Waals surface area contributed by atoms with E-state index in [1.165, 1.54) is 0 Å². The van der Waals surface area contributed by atoms with Gasteiger partial charge in [0, 0.05) is 0 Å². The van der Waals surface area contributed by atoms with Gasteiger partial charge in [-0.25, -0.2) is 0 Å². The summed E-state index contributed by atoms with van der Waals surface area (Å²) in [5.74, 6) is -0.481. The second-order valence-corrected chi connectivity index (χ2v) is 3.76. The lowest BCUT2D eigenvalue weighted by molar-refractivity contribution is -0.878. The molecule has 0 heterocycles. The van der Waals surface area contributed by atoms with Gasteiger partial charge in [0.15, 0.2) is 12.6 Å². The number of halogens is 1. The van der Waals surface area contributed by atoms with Gasteiger partial charge in [-0.2, -0.15) is 0 Å². The predicted octanol–water partition coefficient (Wildman–Crippen LogP) is -2.52. The summed E-state index contributed by atoms with van der Waals surface area (Å²) in [5.41, 5.74) is 4.53. The molecule has 0 unspecified atom stereocenters. The maximum absolute atomic E-state index is 9.47. The molecule has 0 bridgehead atoms. The van der Waals surface area contributed by atoms with Crippen molar-refractivity contribution >= 4 is 18.5 Å². The lowest BCUT2D eigenvalue weighted by Crippen LogP contribution is -3.00. The third-order valence-electron chi connectivity index (χ3n) is 1.50. The first-order valence-corrected chi connectivity index (χ1v) is 5.15. The van der Waals surface area contributed by atoms with Crippen molar-refractivity contribution in [3.05, 3.63) is 38.0 Å². The van der Waals surface area contributed by atoms with Crippen LogP contribution in [0.2, 0.25) is 0 Å². The largest absolute Gasteiger partial charge is 1.00 e. The number of nitrogens with two attached hydrogens (primary N) is 1. The molecule has 0 saturated carbocycles. The van der Waals surface area contributed by atoms with E-state index in [-0.39, 0.29) is 25.0 Å². The van der Waals surface area contributed by atoms with Crippen molar-refractivity contribution < 1.29 is 31.3 Å². The molecule has 0 radical (unpaired) electrons. The van der Waals surface area contributed by atoms with Crippen LogP contribution >= 0.6 is 0 Å². The summed E-state index contributed by atoms with van der Waals surface area (Å²) in [7, 11) is 4.31. The molecule has 0 atom stereocenters. The number of amides is 1. The molecule has 0 aliphatic rings. The van der Waals surface area contributed by atoms with Gasteiger partial charge in [-0.1, -0.05) is 19.7 Å². The molecule has 0 aliphatic carbocycles. The van der Waals surface area contributed by atoms with Gasteiger partial charge < -0.3 is 22.6 Å². The average molecular weight is 291 g/mol. The Bertz CT molecular complexity index is 272. The summed E-state index contributed by atoms with van der Waals surface area (Å²) in [6.07, 6.45) is 5.31. The summed E-state index contributed by atoms with van der Waals surface area (Å²) in [6, 6.07) is 0. The molecule has 0 fully saturated rings. The molecule has 0 aromatic carbocycles. The normalized spacial score (nSPS) is 7.89. The average Bonchev–Trinajstić information content (AvgIpc) is 2.30. The van der Waals surface area contributed by atoms with Gasteiger partial charge in [0.2, 0.25) is 5.91 Å². The Morgan fingerprint density at radius 3 is 1.42 bits per heavy atom. The summed E-state index contributed by atoms with van der Waals surface area (Å²) < 4.78 is 0.951. The molecule has 0 saturated heterocycles. The number of quaternary nitrogens is 1.